The van der Waals surface area contributed by atoms with E-state index in [2.05, 4.69) is 15.5 Å². The fourth-order valence-electron chi connectivity index (χ4n) is 2.39. The van der Waals surface area contributed by atoms with E-state index in [0.717, 1.165) is 11.1 Å². The van der Waals surface area contributed by atoms with Crippen LogP contribution < -0.4 is 14.9 Å². The predicted molar refractivity (Wildman–Crippen MR) is 108 cm³/mol. The molecule has 0 saturated carbocycles. The molecule has 3 aromatic rings. The van der Waals surface area contributed by atoms with Crippen molar-refractivity contribution < 1.29 is 14.3 Å². The largest absolute Gasteiger partial charge is 0.493 e. The van der Waals surface area contributed by atoms with Crippen LogP contribution in [-0.4, -0.2) is 24.2 Å². The molecule has 0 aliphatic rings. The van der Waals surface area contributed by atoms with Gasteiger partial charge < -0.3 is 9.47 Å². The van der Waals surface area contributed by atoms with Crippen LogP contribution in [0.25, 0.3) is 0 Å². The summed E-state index contributed by atoms with van der Waals surface area (Å²) >= 11 is 6.15. The molecule has 1 heterocycles. The third-order valence-corrected chi connectivity index (χ3v) is 4.22. The Hall–Kier alpha value is -3.38. The van der Waals surface area contributed by atoms with Gasteiger partial charge in [-0.05, 0) is 42.0 Å². The number of benzene rings is 2. The molecule has 0 fully saturated rings. The first kappa shape index (κ1) is 19.4. The van der Waals surface area contributed by atoms with Gasteiger partial charge in [-0.2, -0.15) is 5.10 Å². The Kier molecular flexibility index (Phi) is 6.59. The standard InChI is InChI=1S/C21H18ClN3O3/c1-27-20-12-15(13-24-25-21(26)16-8-10-23-11-9-16)6-7-19(20)28-14-17-4-2-3-5-18(17)22/h2-13H,14H2,1H3,(H,25,26). The van der Waals surface area contributed by atoms with Crippen molar-refractivity contribution in [2.75, 3.05) is 7.11 Å². The molecule has 1 amide bonds. The highest BCUT2D eigenvalue weighted by molar-refractivity contribution is 6.31. The first-order chi connectivity index (χ1) is 13.7. The number of carbonyl (C=O) groups excluding carboxylic acids is 1. The number of ether oxygens (including phenoxy) is 2. The third kappa shape index (κ3) is 5.08. The quantitative estimate of drug-likeness (QED) is 0.483. The highest BCUT2D eigenvalue weighted by Crippen LogP contribution is 2.29. The predicted octanol–water partition coefficient (Wildman–Crippen LogP) is 4.09. The number of hydrogen-bond acceptors (Lipinski definition) is 5. The van der Waals surface area contributed by atoms with Crippen molar-refractivity contribution in [3.8, 4) is 11.5 Å². The zero-order chi connectivity index (χ0) is 19.8. The van der Waals surface area contributed by atoms with Gasteiger partial charge in [0.25, 0.3) is 5.91 Å². The molecule has 28 heavy (non-hydrogen) atoms. The minimum absolute atomic E-state index is 0.315. The zero-order valence-electron chi connectivity index (χ0n) is 15.1. The number of nitrogens with zero attached hydrogens (tertiary/aromatic N) is 2. The maximum atomic E-state index is 12.0. The third-order valence-electron chi connectivity index (χ3n) is 3.85. The minimum atomic E-state index is -0.315. The van der Waals surface area contributed by atoms with Crippen molar-refractivity contribution in [1.29, 1.82) is 0 Å². The van der Waals surface area contributed by atoms with E-state index in [0.29, 0.717) is 28.7 Å². The Morgan fingerprint density at radius 1 is 1.14 bits per heavy atom. The van der Waals surface area contributed by atoms with Crippen LogP contribution in [0.15, 0.2) is 72.1 Å². The number of pyridine rings is 1. The van der Waals surface area contributed by atoms with Crippen LogP contribution in [0.3, 0.4) is 0 Å². The van der Waals surface area contributed by atoms with Crippen LogP contribution in [-0.2, 0) is 6.61 Å². The lowest BCUT2D eigenvalue weighted by Gasteiger charge is -2.12. The molecule has 0 saturated heterocycles. The lowest BCUT2D eigenvalue weighted by Crippen LogP contribution is -2.17. The van der Waals surface area contributed by atoms with Gasteiger partial charge in [-0.25, -0.2) is 5.43 Å². The molecule has 0 aliphatic carbocycles. The lowest BCUT2D eigenvalue weighted by atomic mass is 10.2. The van der Waals surface area contributed by atoms with E-state index in [9.17, 15) is 4.79 Å². The van der Waals surface area contributed by atoms with Gasteiger partial charge in [-0.1, -0.05) is 29.8 Å². The molecule has 0 unspecified atom stereocenters. The van der Waals surface area contributed by atoms with E-state index < -0.39 is 0 Å². The lowest BCUT2D eigenvalue weighted by molar-refractivity contribution is 0.0955. The van der Waals surface area contributed by atoms with Crippen LogP contribution >= 0.6 is 11.6 Å². The average molecular weight is 396 g/mol. The Bertz CT molecular complexity index is 978. The number of rotatable bonds is 7. The topological polar surface area (TPSA) is 72.8 Å². The van der Waals surface area contributed by atoms with E-state index in [1.54, 1.807) is 43.8 Å². The summed E-state index contributed by atoms with van der Waals surface area (Å²) in [4.78, 5) is 15.8. The van der Waals surface area contributed by atoms with Gasteiger partial charge in [0.15, 0.2) is 11.5 Å². The molecule has 6 nitrogen and oxygen atoms in total. The van der Waals surface area contributed by atoms with Crippen molar-refractivity contribution in [2.24, 2.45) is 5.10 Å². The number of halogens is 1. The number of carbonyl (C=O) groups is 1. The van der Waals surface area contributed by atoms with Gasteiger partial charge in [0.05, 0.1) is 13.3 Å². The summed E-state index contributed by atoms with van der Waals surface area (Å²) in [5.74, 6) is 0.821. The highest BCUT2D eigenvalue weighted by Gasteiger charge is 2.07. The van der Waals surface area contributed by atoms with E-state index >= 15 is 0 Å². The molecule has 7 heteroatoms. The van der Waals surface area contributed by atoms with Gasteiger partial charge in [0.1, 0.15) is 6.61 Å². The maximum Gasteiger partial charge on any atom is 0.271 e. The van der Waals surface area contributed by atoms with Crippen LogP contribution in [0, 0.1) is 0 Å². The van der Waals surface area contributed by atoms with E-state index in [1.165, 1.54) is 6.21 Å². The number of aromatic nitrogens is 1. The summed E-state index contributed by atoms with van der Waals surface area (Å²) in [5.41, 5.74) is 4.58. The Morgan fingerprint density at radius 3 is 2.68 bits per heavy atom. The fraction of sp³-hybridized carbons (Fsp3) is 0.0952. The highest BCUT2D eigenvalue weighted by atomic mass is 35.5. The van der Waals surface area contributed by atoms with Crippen LogP contribution in [0.2, 0.25) is 5.02 Å². The van der Waals surface area contributed by atoms with Crippen molar-refractivity contribution >= 4 is 23.7 Å². The monoisotopic (exact) mass is 395 g/mol. The van der Waals surface area contributed by atoms with E-state index in [-0.39, 0.29) is 5.91 Å². The van der Waals surface area contributed by atoms with Crippen molar-refractivity contribution in [1.82, 2.24) is 10.4 Å². The molecule has 142 valence electrons. The molecule has 1 aromatic heterocycles. The van der Waals surface area contributed by atoms with E-state index in [1.807, 2.05) is 30.3 Å². The minimum Gasteiger partial charge on any atom is -0.493 e. The Morgan fingerprint density at radius 2 is 1.93 bits per heavy atom. The van der Waals surface area contributed by atoms with Gasteiger partial charge in [0.2, 0.25) is 0 Å². The molecule has 0 atom stereocenters. The molecule has 0 radical (unpaired) electrons. The molecule has 0 bridgehead atoms. The summed E-state index contributed by atoms with van der Waals surface area (Å²) < 4.78 is 11.2. The zero-order valence-corrected chi connectivity index (χ0v) is 15.9. The molecular weight excluding hydrogens is 378 g/mol. The number of hydrogen-bond donors (Lipinski definition) is 1. The van der Waals surface area contributed by atoms with Gasteiger partial charge in [-0.15, -0.1) is 0 Å². The molecule has 3 rings (SSSR count). The number of amides is 1. The summed E-state index contributed by atoms with van der Waals surface area (Å²) in [6, 6.07) is 16.1. The molecule has 1 N–H and O–H groups in total. The SMILES string of the molecule is COc1cc(C=NNC(=O)c2ccncc2)ccc1OCc1ccccc1Cl. The van der Waals surface area contributed by atoms with Crippen LogP contribution in [0.5, 0.6) is 11.5 Å². The van der Waals surface area contributed by atoms with Gasteiger partial charge in [-0.3, -0.25) is 9.78 Å². The van der Waals surface area contributed by atoms with Crippen LogP contribution in [0.1, 0.15) is 21.5 Å². The fourth-order valence-corrected chi connectivity index (χ4v) is 2.58. The number of hydrazone groups is 1. The first-order valence-electron chi connectivity index (χ1n) is 8.45. The number of nitrogens with one attached hydrogen (secondary N) is 1. The van der Waals surface area contributed by atoms with E-state index in [4.69, 9.17) is 21.1 Å². The molecule has 0 spiro atoms. The second-order valence-electron chi connectivity index (χ2n) is 5.73. The first-order valence-corrected chi connectivity index (χ1v) is 8.83. The molecular formula is C21H18ClN3O3. The Balaban J connectivity index is 1.64. The number of methoxy groups -OCH3 is 1. The van der Waals surface area contributed by atoms with Gasteiger partial charge in [0, 0.05) is 28.5 Å². The van der Waals surface area contributed by atoms with Crippen LogP contribution in [0.4, 0.5) is 0 Å². The molecule has 2 aromatic carbocycles. The summed E-state index contributed by atoms with van der Waals surface area (Å²) in [5, 5.41) is 4.62. The maximum absolute atomic E-state index is 12.0. The van der Waals surface area contributed by atoms with Crippen molar-refractivity contribution in [2.45, 2.75) is 6.61 Å². The second-order valence-corrected chi connectivity index (χ2v) is 6.13. The van der Waals surface area contributed by atoms with Gasteiger partial charge >= 0.3 is 0 Å². The Labute approximate surface area is 167 Å². The summed E-state index contributed by atoms with van der Waals surface area (Å²) in [6.45, 7) is 0.325. The van der Waals surface area contributed by atoms with Crippen molar-refractivity contribution in [3.63, 3.8) is 0 Å². The molecule has 0 aliphatic heterocycles. The smallest absolute Gasteiger partial charge is 0.271 e. The average Bonchev–Trinajstić information content (AvgIpc) is 2.74. The summed E-state index contributed by atoms with van der Waals surface area (Å²) in [7, 11) is 1.56. The summed E-state index contributed by atoms with van der Waals surface area (Å²) in [6.07, 6.45) is 4.62. The normalized spacial score (nSPS) is 10.6. The second kappa shape index (κ2) is 9.53. The van der Waals surface area contributed by atoms with Crippen molar-refractivity contribution in [3.05, 3.63) is 88.7 Å².